The van der Waals surface area contributed by atoms with Gasteiger partial charge in [-0.25, -0.2) is 0 Å². The summed E-state index contributed by atoms with van der Waals surface area (Å²) in [4.78, 5) is 4.87. The highest BCUT2D eigenvalue weighted by molar-refractivity contribution is 6.02. The van der Waals surface area contributed by atoms with E-state index < -0.39 is 5.41 Å². The monoisotopic (exact) mass is 1090 g/mol. The number of benzene rings is 13. The highest BCUT2D eigenvalue weighted by Gasteiger charge is 2.52. The fourth-order valence-electron chi connectivity index (χ4n) is 13.6. The Balaban J connectivity index is 0.000000855. The normalized spacial score (nSPS) is 12.1. The largest absolute Gasteiger partial charge is 0.344 e. The van der Waals surface area contributed by atoms with E-state index in [2.05, 4.69) is 335 Å². The molecule has 0 radical (unpaired) electrons. The van der Waals surface area contributed by atoms with Crippen molar-refractivity contribution in [3.63, 3.8) is 0 Å². The zero-order valence-corrected chi connectivity index (χ0v) is 48.4. The average Bonchev–Trinajstić information content (AvgIpc) is 1.55. The van der Waals surface area contributed by atoms with E-state index >= 15 is 0 Å². The zero-order chi connectivity index (χ0) is 57.4. The van der Waals surface area contributed by atoms with Crippen LogP contribution in [0.2, 0.25) is 0 Å². The standard InChI is InChI=1S/C76H56N2.C7H8/c1-51-21-10-11-26-61(51)62-30-19-37-72(52(62)2)78(73-38-20-36-71-74(73)67-29-14-17-35-70(67)76(71)68-33-15-12-27-65(68)66-28-13-16-34-69(66)76)60-49-45-56(46-50-60)54-39-41-58(42-40-54)64-32-18-31-63(57-24-8-5-9-25-57)75(64)77(3)59-47-43-55(44-48-59)53-22-6-4-7-23-53;1-7-5-3-2-4-6-7/h4-50H,1-3H3;2-6H,1H3. The SMILES string of the molecule is Cc1ccccc1.Cc1ccccc1-c1cccc(N(c2ccc(-c3ccc(-c4cccc(-c5ccccc5)c4N(C)c4ccc(-c5ccccc5)cc4)cc3)cc2)c2cccc3c2-c2ccccc2C32c3ccccc3-c3ccccc32)c1C. The maximum atomic E-state index is 2.53. The van der Waals surface area contributed by atoms with Crippen molar-refractivity contribution in [2.45, 2.75) is 26.2 Å². The Morgan fingerprint density at radius 1 is 0.259 bits per heavy atom. The summed E-state index contributed by atoms with van der Waals surface area (Å²) in [6, 6.07) is 115. The molecule has 2 aliphatic rings. The topological polar surface area (TPSA) is 6.48 Å². The van der Waals surface area contributed by atoms with Gasteiger partial charge in [0.2, 0.25) is 0 Å². The summed E-state index contributed by atoms with van der Waals surface area (Å²) in [6.07, 6.45) is 0. The first-order valence-corrected chi connectivity index (χ1v) is 29.6. The minimum Gasteiger partial charge on any atom is -0.344 e. The zero-order valence-electron chi connectivity index (χ0n) is 48.4. The van der Waals surface area contributed by atoms with Gasteiger partial charge >= 0.3 is 0 Å². The molecule has 0 atom stereocenters. The van der Waals surface area contributed by atoms with Crippen LogP contribution in [0.15, 0.2) is 315 Å². The predicted molar refractivity (Wildman–Crippen MR) is 360 cm³/mol. The molecule has 15 rings (SSSR count). The van der Waals surface area contributed by atoms with Crippen molar-refractivity contribution in [3.8, 4) is 77.9 Å². The van der Waals surface area contributed by atoms with Gasteiger partial charge in [-0.2, -0.15) is 0 Å². The van der Waals surface area contributed by atoms with Gasteiger partial charge in [0.25, 0.3) is 0 Å². The summed E-state index contributed by atoms with van der Waals surface area (Å²) in [5, 5.41) is 0. The molecule has 0 N–H and O–H groups in total. The van der Waals surface area contributed by atoms with Crippen LogP contribution in [0.3, 0.4) is 0 Å². The molecule has 2 aliphatic carbocycles. The van der Waals surface area contributed by atoms with Crippen LogP contribution in [-0.4, -0.2) is 7.05 Å². The third-order valence-electron chi connectivity index (χ3n) is 17.6. The maximum absolute atomic E-state index is 2.53. The summed E-state index contributed by atoms with van der Waals surface area (Å²) >= 11 is 0. The van der Waals surface area contributed by atoms with Gasteiger partial charge in [0.05, 0.1) is 16.8 Å². The van der Waals surface area contributed by atoms with Crippen LogP contribution in [0.1, 0.15) is 38.9 Å². The molecule has 2 heteroatoms. The summed E-state index contributed by atoms with van der Waals surface area (Å²) in [6.45, 7) is 6.59. The van der Waals surface area contributed by atoms with Crippen molar-refractivity contribution in [3.05, 3.63) is 354 Å². The number of anilines is 5. The van der Waals surface area contributed by atoms with Crippen molar-refractivity contribution in [1.82, 2.24) is 0 Å². The quantitative estimate of drug-likeness (QED) is 0.135. The highest BCUT2D eigenvalue weighted by atomic mass is 15.1. The molecule has 0 aliphatic heterocycles. The van der Waals surface area contributed by atoms with Crippen molar-refractivity contribution in [1.29, 1.82) is 0 Å². The van der Waals surface area contributed by atoms with Gasteiger partial charge in [0, 0.05) is 40.8 Å². The number of nitrogens with zero attached hydrogens (tertiary/aromatic N) is 2. The lowest BCUT2D eigenvalue weighted by atomic mass is 9.70. The van der Waals surface area contributed by atoms with Gasteiger partial charge < -0.3 is 9.80 Å². The molecule has 0 saturated heterocycles. The second-order valence-electron chi connectivity index (χ2n) is 22.5. The van der Waals surface area contributed by atoms with Crippen LogP contribution in [0.4, 0.5) is 28.4 Å². The molecule has 0 saturated carbocycles. The van der Waals surface area contributed by atoms with Gasteiger partial charge in [-0.05, 0) is 152 Å². The Hall–Kier alpha value is -10.5. The molecule has 13 aromatic carbocycles. The molecule has 0 unspecified atom stereocenters. The van der Waals surface area contributed by atoms with Gasteiger partial charge in [-0.15, -0.1) is 0 Å². The van der Waals surface area contributed by atoms with Crippen LogP contribution in [0.25, 0.3) is 77.9 Å². The van der Waals surface area contributed by atoms with Gasteiger partial charge in [-0.1, -0.05) is 285 Å². The summed E-state index contributed by atoms with van der Waals surface area (Å²) in [5.41, 5.74) is 31.5. The van der Waals surface area contributed by atoms with Crippen LogP contribution < -0.4 is 9.80 Å². The molecule has 406 valence electrons. The van der Waals surface area contributed by atoms with E-state index in [0.29, 0.717) is 0 Å². The number of hydrogen-bond acceptors (Lipinski definition) is 2. The summed E-state index contributed by atoms with van der Waals surface area (Å²) < 4.78 is 0. The van der Waals surface area contributed by atoms with Crippen molar-refractivity contribution in [2.75, 3.05) is 16.8 Å². The number of rotatable bonds is 10. The first-order chi connectivity index (χ1) is 41.9. The molecule has 0 heterocycles. The fraction of sp³-hybridized carbons (Fsp3) is 0.0602. The molecule has 0 bridgehead atoms. The number of para-hydroxylation sites is 1. The average molecular weight is 1090 g/mol. The molecule has 0 amide bonds. The maximum Gasteiger partial charge on any atom is 0.0726 e. The Kier molecular flexibility index (Phi) is 13.8. The Morgan fingerprint density at radius 3 is 1.20 bits per heavy atom. The van der Waals surface area contributed by atoms with Gasteiger partial charge in [0.15, 0.2) is 0 Å². The first-order valence-electron chi connectivity index (χ1n) is 29.6. The molecule has 0 fully saturated rings. The van der Waals surface area contributed by atoms with E-state index in [1.165, 1.54) is 100 Å². The lowest BCUT2D eigenvalue weighted by Crippen LogP contribution is -2.26. The third kappa shape index (κ3) is 9.24. The van der Waals surface area contributed by atoms with E-state index in [4.69, 9.17) is 0 Å². The van der Waals surface area contributed by atoms with Gasteiger partial charge in [0.1, 0.15) is 0 Å². The molecule has 0 aromatic heterocycles. The van der Waals surface area contributed by atoms with E-state index in [0.717, 1.165) is 45.1 Å². The molecule has 85 heavy (non-hydrogen) atoms. The second kappa shape index (κ2) is 22.3. The van der Waals surface area contributed by atoms with Crippen molar-refractivity contribution < 1.29 is 0 Å². The number of hydrogen-bond donors (Lipinski definition) is 0. The van der Waals surface area contributed by atoms with Crippen LogP contribution in [-0.2, 0) is 5.41 Å². The molecular formula is C83H64N2. The van der Waals surface area contributed by atoms with Gasteiger partial charge in [-0.3, -0.25) is 0 Å². The lowest BCUT2D eigenvalue weighted by molar-refractivity contribution is 0.794. The van der Waals surface area contributed by atoms with E-state index in [1.54, 1.807) is 0 Å². The first kappa shape index (κ1) is 52.5. The number of fused-ring (bicyclic) bond motifs is 10. The Bertz CT molecular complexity index is 4500. The highest BCUT2D eigenvalue weighted by Crippen LogP contribution is 2.65. The molecule has 1 spiro atoms. The minimum atomic E-state index is -0.456. The predicted octanol–water partition coefficient (Wildman–Crippen LogP) is 22.2. The van der Waals surface area contributed by atoms with Crippen molar-refractivity contribution >= 4 is 28.4 Å². The third-order valence-corrected chi connectivity index (χ3v) is 17.6. The summed E-state index contributed by atoms with van der Waals surface area (Å²) in [5.74, 6) is 0. The Morgan fingerprint density at radius 2 is 0.635 bits per heavy atom. The minimum absolute atomic E-state index is 0.456. The molecule has 13 aromatic rings. The second-order valence-corrected chi connectivity index (χ2v) is 22.5. The van der Waals surface area contributed by atoms with Crippen molar-refractivity contribution in [2.24, 2.45) is 0 Å². The van der Waals surface area contributed by atoms with E-state index in [9.17, 15) is 0 Å². The van der Waals surface area contributed by atoms with Crippen LogP contribution >= 0.6 is 0 Å². The fourth-order valence-corrected chi connectivity index (χ4v) is 13.6. The molecular weight excluding hydrogens is 1020 g/mol. The smallest absolute Gasteiger partial charge is 0.0726 e. The van der Waals surface area contributed by atoms with E-state index in [1.807, 2.05) is 18.2 Å². The lowest BCUT2D eigenvalue weighted by Gasteiger charge is -2.32. The summed E-state index contributed by atoms with van der Waals surface area (Å²) in [7, 11) is 2.19. The Labute approximate surface area is 500 Å². The van der Waals surface area contributed by atoms with Crippen LogP contribution in [0.5, 0.6) is 0 Å². The number of aryl methyl sites for hydroxylation is 2. The molecule has 2 nitrogen and oxygen atoms in total. The van der Waals surface area contributed by atoms with Crippen LogP contribution in [0, 0.1) is 20.8 Å². The van der Waals surface area contributed by atoms with E-state index in [-0.39, 0.29) is 0 Å².